The molecule has 0 fully saturated rings. The maximum absolute atomic E-state index is 11.1. The molecule has 0 aromatic heterocycles. The van der Waals surface area contributed by atoms with Crippen LogP contribution in [0.5, 0.6) is 11.5 Å². The molecule has 0 amide bonds. The summed E-state index contributed by atoms with van der Waals surface area (Å²) in [6.07, 6.45) is -0.0447. The summed E-state index contributed by atoms with van der Waals surface area (Å²) in [4.78, 5) is 11.1. The van der Waals surface area contributed by atoms with Crippen molar-refractivity contribution in [3.63, 3.8) is 0 Å². The van der Waals surface area contributed by atoms with Crippen molar-refractivity contribution in [2.24, 2.45) is 0 Å². The summed E-state index contributed by atoms with van der Waals surface area (Å²) in [6.45, 7) is 3.73. The van der Waals surface area contributed by atoms with E-state index in [1.807, 2.05) is 13.8 Å². The number of carbonyl (C=O) groups is 1. The van der Waals surface area contributed by atoms with Gasteiger partial charge >= 0.3 is 5.97 Å². The van der Waals surface area contributed by atoms with Gasteiger partial charge in [0.2, 0.25) is 0 Å². The summed E-state index contributed by atoms with van der Waals surface area (Å²) in [5.74, 6) is -0.397. The molecule has 0 radical (unpaired) electrons. The van der Waals surface area contributed by atoms with Crippen LogP contribution in [0.15, 0.2) is 16.6 Å². The van der Waals surface area contributed by atoms with Crippen LogP contribution >= 0.6 is 15.9 Å². The third-order valence-electron chi connectivity index (χ3n) is 1.85. The summed E-state index contributed by atoms with van der Waals surface area (Å²) in [7, 11) is 1.42. The number of ether oxygens (including phenoxy) is 2. The monoisotopic (exact) mass is 288 g/mol. The van der Waals surface area contributed by atoms with Crippen LogP contribution in [0.3, 0.4) is 0 Å². The average molecular weight is 289 g/mol. The fourth-order valence-corrected chi connectivity index (χ4v) is 1.77. The first-order chi connectivity index (χ1) is 7.47. The van der Waals surface area contributed by atoms with E-state index in [9.17, 15) is 4.79 Å². The van der Waals surface area contributed by atoms with E-state index >= 15 is 0 Å². The van der Waals surface area contributed by atoms with Gasteiger partial charge in [-0.25, -0.2) is 4.79 Å². The van der Waals surface area contributed by atoms with Crippen LogP contribution in [-0.4, -0.2) is 24.3 Å². The van der Waals surface area contributed by atoms with Crippen molar-refractivity contribution < 1.29 is 19.4 Å². The van der Waals surface area contributed by atoms with Crippen molar-refractivity contribution in [1.29, 1.82) is 0 Å². The molecule has 4 nitrogen and oxygen atoms in total. The number of carboxylic acid groups (broad SMARTS) is 1. The predicted molar refractivity (Wildman–Crippen MR) is 63.4 cm³/mol. The highest BCUT2D eigenvalue weighted by Crippen LogP contribution is 2.36. The smallest absolute Gasteiger partial charge is 0.340 e. The lowest BCUT2D eigenvalue weighted by Crippen LogP contribution is -2.09. The number of benzene rings is 1. The Kier molecular flexibility index (Phi) is 4.18. The lowest BCUT2D eigenvalue weighted by molar-refractivity contribution is 0.0691. The van der Waals surface area contributed by atoms with Gasteiger partial charge in [0, 0.05) is 4.47 Å². The van der Waals surface area contributed by atoms with E-state index in [1.54, 1.807) is 12.1 Å². The Bertz CT molecular complexity index is 401. The average Bonchev–Trinajstić information content (AvgIpc) is 2.18. The van der Waals surface area contributed by atoms with E-state index in [1.165, 1.54) is 7.11 Å². The van der Waals surface area contributed by atoms with Crippen LogP contribution in [0.1, 0.15) is 24.2 Å². The minimum atomic E-state index is -1.06. The molecule has 0 saturated carbocycles. The number of rotatable bonds is 4. The minimum Gasteiger partial charge on any atom is -0.492 e. The first-order valence-electron chi connectivity index (χ1n) is 4.73. The number of halogens is 1. The Morgan fingerprint density at radius 3 is 2.50 bits per heavy atom. The Balaban J connectivity index is 3.31. The van der Waals surface area contributed by atoms with E-state index in [4.69, 9.17) is 14.6 Å². The molecular formula is C11H13BrO4. The van der Waals surface area contributed by atoms with Crippen molar-refractivity contribution in [3.05, 3.63) is 22.2 Å². The van der Waals surface area contributed by atoms with Crippen LogP contribution in [-0.2, 0) is 0 Å². The number of carboxylic acids is 1. The van der Waals surface area contributed by atoms with Gasteiger partial charge in [-0.15, -0.1) is 0 Å². The Morgan fingerprint density at radius 1 is 1.44 bits per heavy atom. The van der Waals surface area contributed by atoms with Gasteiger partial charge in [0.15, 0.2) is 11.5 Å². The molecule has 16 heavy (non-hydrogen) atoms. The molecule has 0 aliphatic rings. The summed E-state index contributed by atoms with van der Waals surface area (Å²) >= 11 is 3.17. The SMILES string of the molecule is COc1c(OC(C)C)ccc(Br)c1C(=O)O. The van der Waals surface area contributed by atoms with Gasteiger partial charge in [0.25, 0.3) is 0 Å². The molecule has 0 heterocycles. The summed E-state index contributed by atoms with van der Waals surface area (Å²) < 4.78 is 11.0. The molecule has 0 aliphatic carbocycles. The summed E-state index contributed by atoms with van der Waals surface area (Å²) in [5.41, 5.74) is 0.0700. The van der Waals surface area contributed by atoms with Crippen LogP contribution in [0.4, 0.5) is 0 Å². The number of aromatic carboxylic acids is 1. The van der Waals surface area contributed by atoms with Crippen LogP contribution in [0.25, 0.3) is 0 Å². The van der Waals surface area contributed by atoms with E-state index in [0.717, 1.165) is 0 Å². The highest BCUT2D eigenvalue weighted by atomic mass is 79.9. The molecule has 1 aromatic carbocycles. The lowest BCUT2D eigenvalue weighted by Gasteiger charge is -2.15. The first-order valence-corrected chi connectivity index (χ1v) is 5.53. The fraction of sp³-hybridized carbons (Fsp3) is 0.364. The second-order valence-electron chi connectivity index (χ2n) is 3.43. The van der Waals surface area contributed by atoms with Gasteiger partial charge in [-0.2, -0.15) is 0 Å². The van der Waals surface area contributed by atoms with Gasteiger partial charge in [-0.3, -0.25) is 0 Å². The highest BCUT2D eigenvalue weighted by Gasteiger charge is 2.20. The summed E-state index contributed by atoms with van der Waals surface area (Å²) in [5, 5.41) is 9.07. The molecule has 0 unspecified atom stereocenters. The molecule has 88 valence electrons. The third kappa shape index (κ3) is 2.66. The van der Waals surface area contributed by atoms with E-state index in [0.29, 0.717) is 10.2 Å². The molecule has 5 heteroatoms. The van der Waals surface area contributed by atoms with Crippen molar-refractivity contribution in [2.75, 3.05) is 7.11 Å². The van der Waals surface area contributed by atoms with Gasteiger partial charge < -0.3 is 14.6 Å². The van der Waals surface area contributed by atoms with Crippen LogP contribution in [0.2, 0.25) is 0 Å². The van der Waals surface area contributed by atoms with Gasteiger partial charge in [-0.1, -0.05) is 0 Å². The number of hydrogen-bond acceptors (Lipinski definition) is 3. The zero-order valence-electron chi connectivity index (χ0n) is 9.28. The van der Waals surface area contributed by atoms with E-state index in [-0.39, 0.29) is 17.4 Å². The third-order valence-corrected chi connectivity index (χ3v) is 2.51. The quantitative estimate of drug-likeness (QED) is 0.926. The largest absolute Gasteiger partial charge is 0.492 e. The molecule has 1 rings (SSSR count). The lowest BCUT2D eigenvalue weighted by atomic mass is 10.2. The van der Waals surface area contributed by atoms with Crippen LogP contribution < -0.4 is 9.47 Å². The maximum atomic E-state index is 11.1. The molecule has 0 aliphatic heterocycles. The first kappa shape index (κ1) is 12.8. The fourth-order valence-electron chi connectivity index (χ4n) is 1.29. The van der Waals surface area contributed by atoms with Crippen molar-refractivity contribution >= 4 is 21.9 Å². The molecule has 0 spiro atoms. The van der Waals surface area contributed by atoms with E-state index in [2.05, 4.69) is 15.9 Å². The number of hydrogen-bond donors (Lipinski definition) is 1. The van der Waals surface area contributed by atoms with Crippen LogP contribution in [0, 0.1) is 0 Å². The van der Waals surface area contributed by atoms with Gasteiger partial charge in [-0.05, 0) is 41.9 Å². The normalized spacial score (nSPS) is 10.3. The van der Waals surface area contributed by atoms with Crippen molar-refractivity contribution in [1.82, 2.24) is 0 Å². The van der Waals surface area contributed by atoms with E-state index < -0.39 is 5.97 Å². The molecule has 1 N–H and O–H groups in total. The predicted octanol–water partition coefficient (Wildman–Crippen LogP) is 2.94. The molecular weight excluding hydrogens is 276 g/mol. The zero-order chi connectivity index (χ0) is 12.3. The second kappa shape index (κ2) is 5.21. The molecule has 0 atom stereocenters. The van der Waals surface area contributed by atoms with Gasteiger partial charge in [0.05, 0.1) is 13.2 Å². The standard InChI is InChI=1S/C11H13BrO4/c1-6(2)16-8-5-4-7(12)9(11(13)14)10(8)15-3/h4-6H,1-3H3,(H,13,14). The second-order valence-corrected chi connectivity index (χ2v) is 4.28. The molecule has 0 saturated heterocycles. The Morgan fingerprint density at radius 2 is 2.06 bits per heavy atom. The minimum absolute atomic E-state index is 0.0447. The molecule has 0 bridgehead atoms. The Hall–Kier alpha value is -1.23. The van der Waals surface area contributed by atoms with Crippen molar-refractivity contribution in [3.8, 4) is 11.5 Å². The summed E-state index contributed by atoms with van der Waals surface area (Å²) in [6, 6.07) is 3.30. The molecule has 1 aromatic rings. The maximum Gasteiger partial charge on any atom is 0.340 e. The highest BCUT2D eigenvalue weighted by molar-refractivity contribution is 9.10. The topological polar surface area (TPSA) is 55.8 Å². The van der Waals surface area contributed by atoms with Gasteiger partial charge in [0.1, 0.15) is 5.56 Å². The van der Waals surface area contributed by atoms with Crippen molar-refractivity contribution in [2.45, 2.75) is 20.0 Å². The zero-order valence-corrected chi connectivity index (χ0v) is 10.9. The Labute approximate surface area is 102 Å². The number of methoxy groups -OCH3 is 1.